The minimum absolute atomic E-state index is 0.0525. The number of anilines is 2. The van der Waals surface area contributed by atoms with Gasteiger partial charge in [0.25, 0.3) is 21.6 Å². The number of carbonyl (C=O) groups excluding carboxylic acids is 1. The molecular weight excluding hydrogens is 560 g/mol. The first-order valence-electron chi connectivity index (χ1n) is 11.0. The van der Waals surface area contributed by atoms with Crippen LogP contribution in [0.15, 0.2) is 76.5 Å². The molecule has 1 aliphatic heterocycles. The summed E-state index contributed by atoms with van der Waals surface area (Å²) in [5.41, 5.74) is -0.205. The molecule has 1 saturated heterocycles. The van der Waals surface area contributed by atoms with Crippen molar-refractivity contribution in [3.05, 3.63) is 87.4 Å². The smallest absolute Gasteiger partial charge is 0.269 e. The number of amides is 1. The van der Waals surface area contributed by atoms with Crippen LogP contribution in [0.4, 0.5) is 17.1 Å². The van der Waals surface area contributed by atoms with Crippen molar-refractivity contribution < 1.29 is 31.3 Å². The van der Waals surface area contributed by atoms with E-state index in [1.165, 1.54) is 46.8 Å². The lowest BCUT2D eigenvalue weighted by molar-refractivity contribution is -0.384. The number of hydrogen-bond donors (Lipinski definition) is 2. The fourth-order valence-corrected chi connectivity index (χ4v) is 6.25. The maximum atomic E-state index is 13.0. The number of non-ortho nitro benzene ring substituents is 1. The second-order valence-corrected chi connectivity index (χ2v) is 12.1. The molecule has 0 saturated carbocycles. The van der Waals surface area contributed by atoms with Gasteiger partial charge in [0.1, 0.15) is 0 Å². The van der Waals surface area contributed by atoms with Crippen molar-refractivity contribution in [2.75, 3.05) is 36.3 Å². The van der Waals surface area contributed by atoms with Crippen LogP contribution in [0.25, 0.3) is 0 Å². The summed E-state index contributed by atoms with van der Waals surface area (Å²) in [4.78, 5) is 23.0. The van der Waals surface area contributed by atoms with E-state index in [1.807, 2.05) is 0 Å². The maximum Gasteiger partial charge on any atom is 0.269 e. The largest absolute Gasteiger partial charge is 0.379 e. The third-order valence-electron chi connectivity index (χ3n) is 5.55. The molecule has 0 aliphatic carbocycles. The standard InChI is InChI=1S/C23H21ClN4O8S2/c24-16-1-10-22(26-37(32,33)19-8-4-18(5-9-19)28(30)31)21(15-16)23(29)25-17-2-6-20(7-3-17)38(34,35)27-11-13-36-14-12-27/h1-10,15,26H,11-14H2,(H,25,29). The van der Waals surface area contributed by atoms with E-state index in [0.29, 0.717) is 13.2 Å². The van der Waals surface area contributed by atoms with E-state index in [0.717, 1.165) is 24.3 Å². The van der Waals surface area contributed by atoms with Crippen LogP contribution >= 0.6 is 11.6 Å². The van der Waals surface area contributed by atoms with Crippen molar-refractivity contribution in [3.8, 4) is 0 Å². The molecule has 0 atom stereocenters. The third-order valence-corrected chi connectivity index (χ3v) is 9.08. The Morgan fingerprint density at radius 1 is 0.921 bits per heavy atom. The molecule has 1 fully saturated rings. The Balaban J connectivity index is 1.53. The highest BCUT2D eigenvalue weighted by molar-refractivity contribution is 7.92. The van der Waals surface area contributed by atoms with E-state index < -0.39 is 30.9 Å². The normalized spacial score (nSPS) is 14.6. The highest BCUT2D eigenvalue weighted by Crippen LogP contribution is 2.26. The minimum atomic E-state index is -4.21. The summed E-state index contributed by atoms with van der Waals surface area (Å²) in [6.07, 6.45) is 0. The van der Waals surface area contributed by atoms with Crippen LogP contribution in [-0.4, -0.2) is 58.3 Å². The molecule has 1 heterocycles. The lowest BCUT2D eigenvalue weighted by Gasteiger charge is -2.26. The van der Waals surface area contributed by atoms with Gasteiger partial charge in [-0.1, -0.05) is 11.6 Å². The number of nitro benzene ring substituents is 1. The van der Waals surface area contributed by atoms with Crippen LogP contribution in [0.3, 0.4) is 0 Å². The van der Waals surface area contributed by atoms with Crippen LogP contribution in [0.1, 0.15) is 10.4 Å². The van der Waals surface area contributed by atoms with Crippen molar-refractivity contribution in [2.24, 2.45) is 0 Å². The van der Waals surface area contributed by atoms with Gasteiger partial charge in [-0.3, -0.25) is 19.6 Å². The Kier molecular flexibility index (Phi) is 7.99. The van der Waals surface area contributed by atoms with E-state index in [1.54, 1.807) is 0 Å². The zero-order valence-corrected chi connectivity index (χ0v) is 21.9. The van der Waals surface area contributed by atoms with Crippen LogP contribution in [0, 0.1) is 10.1 Å². The van der Waals surface area contributed by atoms with Crippen molar-refractivity contribution in [3.63, 3.8) is 0 Å². The molecule has 0 radical (unpaired) electrons. The minimum Gasteiger partial charge on any atom is -0.379 e. The van der Waals surface area contributed by atoms with Gasteiger partial charge < -0.3 is 10.1 Å². The number of nitrogens with zero attached hydrogens (tertiary/aromatic N) is 2. The number of ether oxygens (including phenoxy) is 1. The molecule has 0 aromatic heterocycles. The van der Waals surface area contributed by atoms with Gasteiger partial charge in [0, 0.05) is 35.9 Å². The number of morpholine rings is 1. The van der Waals surface area contributed by atoms with E-state index >= 15 is 0 Å². The van der Waals surface area contributed by atoms with Crippen molar-refractivity contribution in [1.82, 2.24) is 4.31 Å². The zero-order chi connectivity index (χ0) is 27.5. The first-order chi connectivity index (χ1) is 18.0. The highest BCUT2D eigenvalue weighted by Gasteiger charge is 2.26. The number of sulfonamides is 2. The Hall–Kier alpha value is -3.56. The summed E-state index contributed by atoms with van der Waals surface area (Å²) in [5.74, 6) is -0.710. The predicted octanol–water partition coefficient (Wildman–Crippen LogP) is 3.32. The van der Waals surface area contributed by atoms with E-state index in [-0.39, 0.29) is 50.5 Å². The molecule has 4 rings (SSSR count). The molecule has 0 bridgehead atoms. The quantitative estimate of drug-likeness (QED) is 0.302. The van der Waals surface area contributed by atoms with Gasteiger partial charge in [-0.05, 0) is 54.6 Å². The number of benzene rings is 3. The Morgan fingerprint density at radius 2 is 1.53 bits per heavy atom. The number of hydrogen-bond acceptors (Lipinski definition) is 8. The fourth-order valence-electron chi connectivity index (χ4n) is 3.59. The third kappa shape index (κ3) is 6.11. The van der Waals surface area contributed by atoms with Crippen LogP contribution in [0.5, 0.6) is 0 Å². The molecule has 3 aromatic rings. The van der Waals surface area contributed by atoms with Gasteiger partial charge in [0.2, 0.25) is 10.0 Å². The molecule has 200 valence electrons. The topological polar surface area (TPSA) is 165 Å². The number of nitrogens with one attached hydrogen (secondary N) is 2. The Morgan fingerprint density at radius 3 is 2.13 bits per heavy atom. The number of nitro groups is 1. The summed E-state index contributed by atoms with van der Waals surface area (Å²) in [6, 6.07) is 13.7. The van der Waals surface area contributed by atoms with Crippen LogP contribution in [0.2, 0.25) is 5.02 Å². The molecule has 1 amide bonds. The number of carbonyl (C=O) groups is 1. The molecule has 2 N–H and O–H groups in total. The molecule has 38 heavy (non-hydrogen) atoms. The van der Waals surface area contributed by atoms with Crippen LogP contribution in [-0.2, 0) is 24.8 Å². The molecule has 0 spiro atoms. The predicted molar refractivity (Wildman–Crippen MR) is 139 cm³/mol. The summed E-state index contributed by atoms with van der Waals surface area (Å²) < 4.78 is 60.1. The van der Waals surface area contributed by atoms with E-state index in [4.69, 9.17) is 16.3 Å². The Labute approximate surface area is 223 Å². The van der Waals surface area contributed by atoms with E-state index in [2.05, 4.69) is 10.0 Å². The van der Waals surface area contributed by atoms with Gasteiger partial charge in [0.15, 0.2) is 0 Å². The van der Waals surface area contributed by atoms with Gasteiger partial charge in [-0.15, -0.1) is 0 Å². The van der Waals surface area contributed by atoms with Crippen LogP contribution < -0.4 is 10.0 Å². The lowest BCUT2D eigenvalue weighted by atomic mass is 10.1. The number of halogens is 1. The monoisotopic (exact) mass is 580 g/mol. The van der Waals surface area contributed by atoms with Gasteiger partial charge in [-0.2, -0.15) is 4.31 Å². The fraction of sp³-hybridized carbons (Fsp3) is 0.174. The first-order valence-corrected chi connectivity index (χ1v) is 14.3. The van der Waals surface area contributed by atoms with Gasteiger partial charge >= 0.3 is 0 Å². The summed E-state index contributed by atoms with van der Waals surface area (Å²) in [6.45, 7) is 1.11. The first kappa shape index (κ1) is 27.5. The van der Waals surface area contributed by atoms with E-state index in [9.17, 15) is 31.7 Å². The summed E-state index contributed by atoms with van der Waals surface area (Å²) in [5, 5.41) is 13.6. The van der Waals surface area contributed by atoms with Crippen molar-refractivity contribution >= 4 is 54.6 Å². The SMILES string of the molecule is O=C(Nc1ccc(S(=O)(=O)N2CCOCC2)cc1)c1cc(Cl)ccc1NS(=O)(=O)c1ccc([N+](=O)[O-])cc1. The second-order valence-electron chi connectivity index (χ2n) is 8.04. The second kappa shape index (κ2) is 11.0. The molecular formula is C23H21ClN4O8S2. The molecule has 3 aromatic carbocycles. The summed E-state index contributed by atoms with van der Waals surface area (Å²) in [7, 11) is -7.92. The molecule has 1 aliphatic rings. The highest BCUT2D eigenvalue weighted by atomic mass is 35.5. The van der Waals surface area contributed by atoms with Crippen molar-refractivity contribution in [1.29, 1.82) is 0 Å². The average Bonchev–Trinajstić information content (AvgIpc) is 2.90. The summed E-state index contributed by atoms with van der Waals surface area (Å²) >= 11 is 6.04. The number of rotatable bonds is 8. The van der Waals surface area contributed by atoms with Gasteiger partial charge in [-0.25, -0.2) is 16.8 Å². The molecule has 15 heteroatoms. The van der Waals surface area contributed by atoms with Gasteiger partial charge in [0.05, 0.1) is 39.2 Å². The average molecular weight is 581 g/mol. The van der Waals surface area contributed by atoms with Crippen molar-refractivity contribution in [2.45, 2.75) is 9.79 Å². The lowest BCUT2D eigenvalue weighted by Crippen LogP contribution is -2.40. The Bertz CT molecular complexity index is 1570. The molecule has 12 nitrogen and oxygen atoms in total. The molecule has 0 unspecified atom stereocenters. The maximum absolute atomic E-state index is 13.0. The zero-order valence-electron chi connectivity index (χ0n) is 19.5.